The van der Waals surface area contributed by atoms with Crippen molar-refractivity contribution in [2.24, 2.45) is 4.99 Å². The molecule has 0 aliphatic rings. The molecule has 1 aromatic rings. The quantitative estimate of drug-likeness (QED) is 0.681. The number of halogens is 1. The third-order valence-electron chi connectivity index (χ3n) is 1.22. The lowest BCUT2D eigenvalue weighted by Crippen LogP contribution is -1.86. The Balaban J connectivity index is 0.00000121. The van der Waals surface area contributed by atoms with E-state index in [9.17, 15) is 0 Å². The smallest absolute Gasteiger partial charge is 0.0898 e. The molecule has 0 bridgehead atoms. The highest BCUT2D eigenvalue weighted by Crippen LogP contribution is 2.08. The van der Waals surface area contributed by atoms with E-state index >= 15 is 0 Å². The highest BCUT2D eigenvalue weighted by molar-refractivity contribution is 7.09. The zero-order valence-corrected chi connectivity index (χ0v) is 9.13. The van der Waals surface area contributed by atoms with Crippen molar-refractivity contribution in [1.29, 1.82) is 0 Å². The Morgan fingerprint density at radius 2 is 2.25 bits per heavy atom. The molecule has 0 radical (unpaired) electrons. The van der Waals surface area contributed by atoms with E-state index in [1.807, 2.05) is 20.8 Å². The summed E-state index contributed by atoms with van der Waals surface area (Å²) >= 11 is 1.68. The zero-order chi connectivity index (χ0) is 8.27. The normalized spacial score (nSPS) is 8.92. The summed E-state index contributed by atoms with van der Waals surface area (Å²) < 4.78 is 0. The van der Waals surface area contributed by atoms with Crippen LogP contribution in [-0.4, -0.2) is 10.7 Å². The molecule has 0 unspecified atom stereocenters. The van der Waals surface area contributed by atoms with Crippen molar-refractivity contribution in [2.75, 3.05) is 0 Å². The van der Waals surface area contributed by atoms with E-state index in [0.29, 0.717) is 0 Å². The molecule has 1 rings (SSSR count). The third-order valence-corrected chi connectivity index (χ3v) is 2.05. The first kappa shape index (κ1) is 11.6. The fraction of sp³-hybridized carbons (Fsp3) is 0.500. The van der Waals surface area contributed by atoms with Gasteiger partial charge in [-0.05, 0) is 20.8 Å². The van der Waals surface area contributed by atoms with Crippen molar-refractivity contribution in [2.45, 2.75) is 27.3 Å². The van der Waals surface area contributed by atoms with Gasteiger partial charge in [-0.25, -0.2) is 4.98 Å². The fourth-order valence-electron chi connectivity index (χ4n) is 0.720. The molecule has 1 aromatic heterocycles. The second-order valence-electron chi connectivity index (χ2n) is 2.62. The molecule has 0 aliphatic carbocycles. The highest BCUT2D eigenvalue weighted by atomic mass is 35.5. The molecule has 0 spiro atoms. The number of thiazole rings is 1. The molecule has 1 heterocycles. The first-order valence-electron chi connectivity index (χ1n) is 3.57. The Morgan fingerprint density at radius 1 is 1.58 bits per heavy atom. The number of aromatic nitrogens is 1. The minimum atomic E-state index is 0. The Kier molecular flexibility index (Phi) is 5.09. The number of hydrogen-bond donors (Lipinski definition) is 0. The minimum absolute atomic E-state index is 0. The van der Waals surface area contributed by atoms with Gasteiger partial charge in [0.15, 0.2) is 0 Å². The molecule has 68 valence electrons. The summed E-state index contributed by atoms with van der Waals surface area (Å²) in [6, 6.07) is 0. The molecule has 12 heavy (non-hydrogen) atoms. The Labute approximate surface area is 83.2 Å². The highest BCUT2D eigenvalue weighted by Gasteiger charge is 1.94. The van der Waals surface area contributed by atoms with Crippen LogP contribution in [0.3, 0.4) is 0 Å². The molecular formula is C8H13ClN2S. The van der Waals surface area contributed by atoms with Gasteiger partial charge < -0.3 is 0 Å². The first-order valence-corrected chi connectivity index (χ1v) is 4.45. The average Bonchev–Trinajstić information content (AvgIpc) is 2.31. The maximum absolute atomic E-state index is 4.29. The summed E-state index contributed by atoms with van der Waals surface area (Å²) in [5.74, 6) is 0. The summed E-state index contributed by atoms with van der Waals surface area (Å²) in [6.07, 6.45) is 0. The van der Waals surface area contributed by atoms with Gasteiger partial charge in [-0.15, -0.1) is 23.7 Å². The predicted octanol–water partition coefficient (Wildman–Crippen LogP) is 2.85. The van der Waals surface area contributed by atoms with Crippen LogP contribution < -0.4 is 0 Å². The van der Waals surface area contributed by atoms with Crippen LogP contribution in [0.2, 0.25) is 0 Å². The molecule has 0 saturated carbocycles. The molecule has 0 atom stereocenters. The Bertz CT molecular complexity index is 264. The molecule has 0 saturated heterocycles. The molecule has 0 aromatic carbocycles. The topological polar surface area (TPSA) is 25.2 Å². The van der Waals surface area contributed by atoms with Crippen molar-refractivity contribution < 1.29 is 0 Å². The van der Waals surface area contributed by atoms with Crippen LogP contribution in [0.5, 0.6) is 0 Å². The molecule has 0 N–H and O–H groups in total. The van der Waals surface area contributed by atoms with Crippen LogP contribution in [-0.2, 0) is 6.54 Å². The van der Waals surface area contributed by atoms with E-state index in [1.165, 1.54) is 0 Å². The number of nitrogens with zero attached hydrogens (tertiary/aromatic N) is 2. The Hall–Kier alpha value is -0.410. The van der Waals surface area contributed by atoms with Crippen LogP contribution in [0.1, 0.15) is 24.5 Å². The Morgan fingerprint density at radius 3 is 2.67 bits per heavy atom. The lowest BCUT2D eigenvalue weighted by molar-refractivity contribution is 0.995. The van der Waals surface area contributed by atoms with Crippen LogP contribution >= 0.6 is 23.7 Å². The van der Waals surface area contributed by atoms with Gasteiger partial charge in [0.25, 0.3) is 0 Å². The summed E-state index contributed by atoms with van der Waals surface area (Å²) in [7, 11) is 0. The molecule has 0 aliphatic heterocycles. The van der Waals surface area contributed by atoms with E-state index in [-0.39, 0.29) is 12.4 Å². The minimum Gasteiger partial charge on any atom is -0.288 e. The fourth-order valence-corrected chi connectivity index (χ4v) is 1.32. The number of rotatable bonds is 2. The summed E-state index contributed by atoms with van der Waals surface area (Å²) in [4.78, 5) is 8.56. The van der Waals surface area contributed by atoms with Gasteiger partial charge in [-0.1, -0.05) is 0 Å². The van der Waals surface area contributed by atoms with Crippen molar-refractivity contribution >= 4 is 29.5 Å². The van der Waals surface area contributed by atoms with Crippen LogP contribution in [0.4, 0.5) is 0 Å². The van der Waals surface area contributed by atoms with E-state index in [2.05, 4.69) is 15.4 Å². The van der Waals surface area contributed by atoms with E-state index in [4.69, 9.17) is 0 Å². The van der Waals surface area contributed by atoms with Gasteiger partial charge >= 0.3 is 0 Å². The molecule has 4 heteroatoms. The van der Waals surface area contributed by atoms with Crippen molar-refractivity contribution in [3.05, 3.63) is 16.1 Å². The largest absolute Gasteiger partial charge is 0.288 e. The summed E-state index contributed by atoms with van der Waals surface area (Å²) in [5, 5.41) is 3.17. The predicted molar refractivity (Wildman–Crippen MR) is 56.6 cm³/mol. The van der Waals surface area contributed by atoms with E-state index in [0.717, 1.165) is 23.0 Å². The van der Waals surface area contributed by atoms with Gasteiger partial charge in [0.1, 0.15) is 0 Å². The van der Waals surface area contributed by atoms with Crippen molar-refractivity contribution in [3.8, 4) is 0 Å². The lowest BCUT2D eigenvalue weighted by Gasteiger charge is -1.89. The first-order chi connectivity index (χ1) is 5.18. The van der Waals surface area contributed by atoms with Gasteiger partial charge in [-0.2, -0.15) is 0 Å². The molecule has 0 fully saturated rings. The average molecular weight is 205 g/mol. The summed E-state index contributed by atoms with van der Waals surface area (Å²) in [6.45, 7) is 6.74. The van der Waals surface area contributed by atoms with E-state index in [1.54, 1.807) is 11.3 Å². The van der Waals surface area contributed by atoms with Crippen LogP contribution in [0, 0.1) is 6.92 Å². The maximum Gasteiger partial charge on any atom is 0.0898 e. The maximum atomic E-state index is 4.29. The standard InChI is InChI=1S/C8H12N2S.ClH/c1-6(2)9-4-8-5-11-7(3)10-8;/h5H,4H2,1-3H3;1H. The second-order valence-corrected chi connectivity index (χ2v) is 3.68. The van der Waals surface area contributed by atoms with E-state index < -0.39 is 0 Å². The van der Waals surface area contributed by atoms with Crippen LogP contribution in [0.15, 0.2) is 10.4 Å². The molecule has 0 amide bonds. The van der Waals surface area contributed by atoms with Crippen molar-refractivity contribution in [1.82, 2.24) is 4.98 Å². The third kappa shape index (κ3) is 3.83. The van der Waals surface area contributed by atoms with Gasteiger partial charge in [0, 0.05) is 11.1 Å². The van der Waals surface area contributed by atoms with Gasteiger partial charge in [0.05, 0.1) is 17.2 Å². The zero-order valence-electron chi connectivity index (χ0n) is 7.50. The number of aliphatic imine (C=N–C) groups is 1. The van der Waals surface area contributed by atoms with Crippen LogP contribution in [0.25, 0.3) is 0 Å². The van der Waals surface area contributed by atoms with Gasteiger partial charge in [-0.3, -0.25) is 4.99 Å². The number of aryl methyl sites for hydroxylation is 1. The molecular weight excluding hydrogens is 192 g/mol. The molecule has 2 nitrogen and oxygen atoms in total. The van der Waals surface area contributed by atoms with Gasteiger partial charge in [0.2, 0.25) is 0 Å². The second kappa shape index (κ2) is 5.27. The summed E-state index contributed by atoms with van der Waals surface area (Å²) in [5.41, 5.74) is 2.18. The van der Waals surface area contributed by atoms with Crippen molar-refractivity contribution in [3.63, 3.8) is 0 Å². The lowest BCUT2D eigenvalue weighted by atomic mass is 10.4. The monoisotopic (exact) mass is 204 g/mol. The number of hydrogen-bond acceptors (Lipinski definition) is 3. The SMILES string of the molecule is CC(C)=NCc1csc(C)n1.Cl.